The minimum absolute atomic E-state index is 0.0431. The zero-order valence-electron chi connectivity index (χ0n) is 14.0. The third-order valence-electron chi connectivity index (χ3n) is 3.89. The molecule has 27 heavy (non-hydrogen) atoms. The highest BCUT2D eigenvalue weighted by Crippen LogP contribution is 2.14. The van der Waals surface area contributed by atoms with E-state index in [1.54, 1.807) is 42.5 Å². The van der Waals surface area contributed by atoms with E-state index in [-0.39, 0.29) is 33.9 Å². The zero-order chi connectivity index (χ0) is 19.4. The minimum atomic E-state index is -0.533. The Bertz CT molecular complexity index is 1140. The number of aromatic amines is 1. The van der Waals surface area contributed by atoms with Crippen molar-refractivity contribution in [1.82, 2.24) is 20.4 Å². The standard InChI is InChI=1S/C18H15ClN4O3S/c19-13-7-3-1-5-11(13)16(25)22-21-15(24)9-10-23-17(26)12-6-2-4-8-14(12)20-18(23)27/h1-8H,9-10H2,(H,20,27)(H,21,24)(H,22,25). The second-order valence-electron chi connectivity index (χ2n) is 5.66. The van der Waals surface area contributed by atoms with E-state index in [1.807, 2.05) is 0 Å². The van der Waals surface area contributed by atoms with E-state index in [0.29, 0.717) is 10.9 Å². The number of hydrogen-bond donors (Lipinski definition) is 3. The number of aromatic nitrogens is 2. The number of benzene rings is 2. The molecule has 0 saturated carbocycles. The van der Waals surface area contributed by atoms with Crippen molar-refractivity contribution in [3.63, 3.8) is 0 Å². The van der Waals surface area contributed by atoms with Crippen LogP contribution >= 0.6 is 23.8 Å². The van der Waals surface area contributed by atoms with Gasteiger partial charge in [0.1, 0.15) is 0 Å². The lowest BCUT2D eigenvalue weighted by atomic mass is 10.2. The molecule has 0 atom stereocenters. The van der Waals surface area contributed by atoms with E-state index >= 15 is 0 Å². The number of nitrogens with one attached hydrogen (secondary N) is 3. The van der Waals surface area contributed by atoms with Crippen LogP contribution in [0.3, 0.4) is 0 Å². The molecule has 0 aliphatic carbocycles. The molecule has 3 N–H and O–H groups in total. The van der Waals surface area contributed by atoms with Gasteiger partial charge in [-0.15, -0.1) is 0 Å². The van der Waals surface area contributed by atoms with Crippen molar-refractivity contribution in [2.24, 2.45) is 0 Å². The Labute approximate surface area is 163 Å². The first-order valence-electron chi connectivity index (χ1n) is 8.03. The SMILES string of the molecule is O=C(CCn1c(=S)[nH]c2ccccc2c1=O)NNC(=O)c1ccccc1Cl. The molecular weight excluding hydrogens is 388 g/mol. The normalized spacial score (nSPS) is 10.6. The highest BCUT2D eigenvalue weighted by atomic mass is 35.5. The molecule has 0 aliphatic heterocycles. The third kappa shape index (κ3) is 4.24. The number of hydrazine groups is 1. The van der Waals surface area contributed by atoms with Crippen molar-refractivity contribution in [1.29, 1.82) is 0 Å². The Hall–Kier alpha value is -2.97. The molecule has 0 fully saturated rings. The number of para-hydroxylation sites is 1. The molecule has 0 unspecified atom stereocenters. The van der Waals surface area contributed by atoms with Crippen LogP contribution in [-0.2, 0) is 11.3 Å². The summed E-state index contributed by atoms with van der Waals surface area (Å²) in [5.41, 5.74) is 5.19. The largest absolute Gasteiger partial charge is 0.332 e. The summed E-state index contributed by atoms with van der Waals surface area (Å²) in [4.78, 5) is 39.5. The maximum absolute atomic E-state index is 12.5. The molecular formula is C18H15ClN4O3S. The number of halogens is 1. The molecule has 3 aromatic rings. The maximum atomic E-state index is 12.5. The lowest BCUT2D eigenvalue weighted by Crippen LogP contribution is -2.42. The molecule has 0 saturated heterocycles. The van der Waals surface area contributed by atoms with Crippen molar-refractivity contribution in [2.75, 3.05) is 0 Å². The fourth-order valence-electron chi connectivity index (χ4n) is 2.52. The number of rotatable bonds is 4. The topological polar surface area (TPSA) is 96.0 Å². The Kier molecular flexibility index (Phi) is 5.68. The van der Waals surface area contributed by atoms with Crippen LogP contribution in [0.4, 0.5) is 0 Å². The molecule has 1 aromatic heterocycles. The summed E-state index contributed by atoms with van der Waals surface area (Å²) in [6.07, 6.45) is -0.0431. The number of nitrogens with zero attached hydrogens (tertiary/aromatic N) is 1. The zero-order valence-corrected chi connectivity index (χ0v) is 15.6. The van der Waals surface area contributed by atoms with Crippen LogP contribution in [0.2, 0.25) is 5.02 Å². The van der Waals surface area contributed by atoms with E-state index in [2.05, 4.69) is 15.8 Å². The van der Waals surface area contributed by atoms with Gasteiger partial charge in [0, 0.05) is 13.0 Å². The Morgan fingerprint density at radius 2 is 1.78 bits per heavy atom. The molecule has 9 heteroatoms. The number of carbonyl (C=O) groups is 2. The second-order valence-corrected chi connectivity index (χ2v) is 6.46. The number of carbonyl (C=O) groups excluding carboxylic acids is 2. The van der Waals surface area contributed by atoms with Crippen LogP contribution in [-0.4, -0.2) is 21.4 Å². The summed E-state index contributed by atoms with van der Waals surface area (Å²) in [5.74, 6) is -1.00. The van der Waals surface area contributed by atoms with Crippen LogP contribution in [0.1, 0.15) is 16.8 Å². The molecule has 0 aliphatic rings. The number of hydrogen-bond acceptors (Lipinski definition) is 4. The summed E-state index contributed by atoms with van der Waals surface area (Å²) in [6, 6.07) is 13.5. The highest BCUT2D eigenvalue weighted by Gasteiger charge is 2.11. The minimum Gasteiger partial charge on any atom is -0.332 e. The average molecular weight is 403 g/mol. The number of amides is 2. The van der Waals surface area contributed by atoms with E-state index < -0.39 is 11.8 Å². The van der Waals surface area contributed by atoms with E-state index in [9.17, 15) is 14.4 Å². The Morgan fingerprint density at radius 3 is 2.56 bits per heavy atom. The first-order valence-corrected chi connectivity index (χ1v) is 8.81. The van der Waals surface area contributed by atoms with Crippen LogP contribution in [0.15, 0.2) is 53.3 Å². The van der Waals surface area contributed by atoms with Crippen molar-refractivity contribution in [3.8, 4) is 0 Å². The van der Waals surface area contributed by atoms with Gasteiger partial charge in [-0.2, -0.15) is 0 Å². The molecule has 3 rings (SSSR count). The second kappa shape index (κ2) is 8.15. The van der Waals surface area contributed by atoms with E-state index in [0.717, 1.165) is 0 Å². The monoisotopic (exact) mass is 402 g/mol. The van der Waals surface area contributed by atoms with E-state index in [4.69, 9.17) is 23.8 Å². The predicted octanol–water partition coefficient (Wildman–Crippen LogP) is 2.56. The molecule has 0 bridgehead atoms. The van der Waals surface area contributed by atoms with Gasteiger partial charge >= 0.3 is 0 Å². The predicted molar refractivity (Wildman–Crippen MR) is 105 cm³/mol. The Balaban J connectivity index is 1.64. The quantitative estimate of drug-likeness (QED) is 0.461. The van der Waals surface area contributed by atoms with Gasteiger partial charge < -0.3 is 4.98 Å². The highest BCUT2D eigenvalue weighted by molar-refractivity contribution is 7.71. The fourth-order valence-corrected chi connectivity index (χ4v) is 3.02. The summed E-state index contributed by atoms with van der Waals surface area (Å²) in [5, 5.41) is 0.761. The fraction of sp³-hybridized carbons (Fsp3) is 0.111. The number of fused-ring (bicyclic) bond motifs is 1. The summed E-state index contributed by atoms with van der Waals surface area (Å²) >= 11 is 11.1. The molecule has 0 radical (unpaired) electrons. The third-order valence-corrected chi connectivity index (χ3v) is 4.54. The van der Waals surface area contributed by atoms with Crippen molar-refractivity contribution in [2.45, 2.75) is 13.0 Å². The van der Waals surface area contributed by atoms with Crippen LogP contribution in [0.25, 0.3) is 10.9 Å². The van der Waals surface area contributed by atoms with Crippen LogP contribution in [0, 0.1) is 4.77 Å². The molecule has 1 heterocycles. The smallest absolute Gasteiger partial charge is 0.271 e. The maximum Gasteiger partial charge on any atom is 0.271 e. The van der Waals surface area contributed by atoms with Gasteiger partial charge in [-0.25, -0.2) is 0 Å². The lowest BCUT2D eigenvalue weighted by Gasteiger charge is -2.10. The average Bonchev–Trinajstić information content (AvgIpc) is 2.66. The summed E-state index contributed by atoms with van der Waals surface area (Å²) in [6.45, 7) is 0.0762. The number of H-pyrrole nitrogens is 1. The van der Waals surface area contributed by atoms with Gasteiger partial charge in [0.05, 0.1) is 21.5 Å². The van der Waals surface area contributed by atoms with Crippen LogP contribution < -0.4 is 16.4 Å². The summed E-state index contributed by atoms with van der Waals surface area (Å²) < 4.78 is 1.54. The van der Waals surface area contributed by atoms with Crippen LogP contribution in [0.5, 0.6) is 0 Å². The van der Waals surface area contributed by atoms with Crippen molar-refractivity contribution < 1.29 is 9.59 Å². The Morgan fingerprint density at radius 1 is 1.07 bits per heavy atom. The first kappa shape index (κ1) is 18.8. The van der Waals surface area contributed by atoms with Crippen molar-refractivity contribution in [3.05, 3.63) is 74.2 Å². The molecule has 0 spiro atoms. The van der Waals surface area contributed by atoms with Gasteiger partial charge in [0.15, 0.2) is 4.77 Å². The van der Waals surface area contributed by atoms with Gasteiger partial charge in [-0.1, -0.05) is 35.9 Å². The first-order chi connectivity index (χ1) is 13.0. The molecule has 2 amide bonds. The molecule has 7 nitrogen and oxygen atoms in total. The molecule has 138 valence electrons. The lowest BCUT2D eigenvalue weighted by molar-refractivity contribution is -0.122. The van der Waals surface area contributed by atoms with Gasteiger partial charge in [-0.3, -0.25) is 29.8 Å². The van der Waals surface area contributed by atoms with E-state index in [1.165, 1.54) is 10.6 Å². The molecule has 2 aromatic carbocycles. The van der Waals surface area contributed by atoms with Crippen molar-refractivity contribution >= 4 is 46.5 Å². The van der Waals surface area contributed by atoms with Gasteiger partial charge in [0.25, 0.3) is 11.5 Å². The van der Waals surface area contributed by atoms with Gasteiger partial charge in [0.2, 0.25) is 5.91 Å². The van der Waals surface area contributed by atoms with Gasteiger partial charge in [-0.05, 0) is 36.5 Å². The summed E-state index contributed by atoms with van der Waals surface area (Å²) in [7, 11) is 0.